The highest BCUT2D eigenvalue weighted by Gasteiger charge is 2.38. The first-order chi connectivity index (χ1) is 13.1. The van der Waals surface area contributed by atoms with Gasteiger partial charge in [0, 0.05) is 44.3 Å². The molecule has 2 N–H and O–H groups in total. The third kappa shape index (κ3) is 5.02. The molecule has 0 aromatic carbocycles. The smallest absolute Gasteiger partial charge is 0.191 e. The Kier molecular flexibility index (Phi) is 7.13. The van der Waals surface area contributed by atoms with Crippen LogP contribution in [0.25, 0.3) is 0 Å². The summed E-state index contributed by atoms with van der Waals surface area (Å²) >= 11 is 0. The van der Waals surface area contributed by atoms with Gasteiger partial charge in [0.05, 0.1) is 18.9 Å². The predicted octanol–water partition coefficient (Wildman–Crippen LogP) is 2.03. The molecule has 1 aromatic rings. The molecule has 7 heteroatoms. The lowest BCUT2D eigenvalue weighted by atomic mass is 9.80. The van der Waals surface area contributed by atoms with Crippen molar-refractivity contribution in [1.82, 2.24) is 20.7 Å². The molecular formula is C20H35N5O2. The fourth-order valence-corrected chi connectivity index (χ4v) is 4.49. The SMILES string of the molecule is CN=C(NCCc1c(C)noc1C)NCC1(N2CCOCC2)CCCCC1. The summed E-state index contributed by atoms with van der Waals surface area (Å²) in [6.07, 6.45) is 7.40. The minimum absolute atomic E-state index is 0.237. The van der Waals surface area contributed by atoms with Crippen molar-refractivity contribution in [2.45, 2.75) is 57.9 Å². The number of ether oxygens (including phenoxy) is 1. The Morgan fingerprint density at radius 1 is 1.15 bits per heavy atom. The number of nitrogens with zero attached hydrogens (tertiary/aromatic N) is 3. The van der Waals surface area contributed by atoms with Gasteiger partial charge in [-0.1, -0.05) is 24.4 Å². The summed E-state index contributed by atoms with van der Waals surface area (Å²) in [6.45, 7) is 9.51. The van der Waals surface area contributed by atoms with Crippen molar-refractivity contribution in [1.29, 1.82) is 0 Å². The molecule has 0 amide bonds. The van der Waals surface area contributed by atoms with E-state index in [1.807, 2.05) is 20.9 Å². The molecule has 7 nitrogen and oxygen atoms in total. The van der Waals surface area contributed by atoms with Crippen LogP contribution in [0.15, 0.2) is 9.52 Å². The van der Waals surface area contributed by atoms with E-state index in [1.165, 1.54) is 37.7 Å². The van der Waals surface area contributed by atoms with Gasteiger partial charge in [-0.25, -0.2) is 0 Å². The monoisotopic (exact) mass is 377 g/mol. The fraction of sp³-hybridized carbons (Fsp3) is 0.800. The average molecular weight is 378 g/mol. The first kappa shape index (κ1) is 20.1. The van der Waals surface area contributed by atoms with Gasteiger partial charge in [-0.2, -0.15) is 0 Å². The molecule has 0 atom stereocenters. The highest BCUT2D eigenvalue weighted by Crippen LogP contribution is 2.33. The summed E-state index contributed by atoms with van der Waals surface area (Å²) in [4.78, 5) is 7.08. The molecule has 2 heterocycles. The van der Waals surface area contributed by atoms with Gasteiger partial charge in [-0.3, -0.25) is 9.89 Å². The Labute approximate surface area is 162 Å². The zero-order valence-corrected chi connectivity index (χ0v) is 17.1. The molecule has 1 aromatic heterocycles. The molecular weight excluding hydrogens is 342 g/mol. The number of hydrogen-bond acceptors (Lipinski definition) is 5. The summed E-state index contributed by atoms with van der Waals surface area (Å²) < 4.78 is 10.8. The Bertz CT molecular complexity index is 596. The van der Waals surface area contributed by atoms with Gasteiger partial charge in [-0.05, 0) is 33.1 Å². The van der Waals surface area contributed by atoms with Crippen LogP contribution < -0.4 is 10.6 Å². The maximum Gasteiger partial charge on any atom is 0.191 e. The van der Waals surface area contributed by atoms with Gasteiger partial charge >= 0.3 is 0 Å². The summed E-state index contributed by atoms with van der Waals surface area (Å²) in [7, 11) is 1.84. The highest BCUT2D eigenvalue weighted by molar-refractivity contribution is 5.79. The Morgan fingerprint density at radius 2 is 1.89 bits per heavy atom. The van der Waals surface area contributed by atoms with Crippen LogP contribution in [-0.2, 0) is 11.2 Å². The lowest BCUT2D eigenvalue weighted by Gasteiger charge is -2.48. The summed E-state index contributed by atoms with van der Waals surface area (Å²) in [6, 6.07) is 0. The van der Waals surface area contributed by atoms with E-state index in [2.05, 4.69) is 25.7 Å². The van der Waals surface area contributed by atoms with Gasteiger partial charge in [-0.15, -0.1) is 0 Å². The van der Waals surface area contributed by atoms with Crippen LogP contribution in [-0.4, -0.2) is 68.0 Å². The maximum absolute atomic E-state index is 5.58. The minimum Gasteiger partial charge on any atom is -0.379 e. The zero-order valence-electron chi connectivity index (χ0n) is 17.1. The third-order valence-corrected chi connectivity index (χ3v) is 6.12. The van der Waals surface area contributed by atoms with E-state index in [-0.39, 0.29) is 5.54 Å². The van der Waals surface area contributed by atoms with Crippen LogP contribution in [0.1, 0.15) is 49.1 Å². The quantitative estimate of drug-likeness (QED) is 0.584. The summed E-state index contributed by atoms with van der Waals surface area (Å²) in [5.41, 5.74) is 2.40. The molecule has 0 spiro atoms. The molecule has 0 unspecified atom stereocenters. The van der Waals surface area contributed by atoms with E-state index >= 15 is 0 Å². The molecule has 0 bridgehead atoms. The highest BCUT2D eigenvalue weighted by atomic mass is 16.5. The molecule has 1 saturated carbocycles. The standard InChI is InChI=1S/C20H35N5O2/c1-16-18(17(2)27-24-16)7-10-22-19(21-3)23-15-20(8-5-4-6-9-20)25-11-13-26-14-12-25/h4-15H2,1-3H3,(H2,21,22,23). The van der Waals surface area contributed by atoms with Gasteiger partial charge in [0.25, 0.3) is 0 Å². The summed E-state index contributed by atoms with van der Waals surface area (Å²) in [5.74, 6) is 1.78. The minimum atomic E-state index is 0.237. The largest absolute Gasteiger partial charge is 0.379 e. The van der Waals surface area contributed by atoms with Crippen molar-refractivity contribution in [2.75, 3.05) is 46.4 Å². The topological polar surface area (TPSA) is 74.9 Å². The Morgan fingerprint density at radius 3 is 2.52 bits per heavy atom. The molecule has 2 aliphatic rings. The molecule has 152 valence electrons. The zero-order chi connectivity index (χ0) is 19.1. The van der Waals surface area contributed by atoms with Gasteiger partial charge in [0.1, 0.15) is 5.76 Å². The van der Waals surface area contributed by atoms with Crippen LogP contribution in [0.2, 0.25) is 0 Å². The van der Waals surface area contributed by atoms with E-state index in [0.29, 0.717) is 0 Å². The van der Waals surface area contributed by atoms with Crippen LogP contribution in [0, 0.1) is 13.8 Å². The molecule has 3 rings (SSSR count). The normalized spacial score (nSPS) is 21.2. The number of hydrogen-bond donors (Lipinski definition) is 2. The number of aromatic nitrogens is 1. The second-order valence-electron chi connectivity index (χ2n) is 7.79. The molecule has 2 fully saturated rings. The second-order valence-corrected chi connectivity index (χ2v) is 7.79. The van der Waals surface area contributed by atoms with Crippen molar-refractivity contribution >= 4 is 5.96 Å². The molecule has 1 aliphatic carbocycles. The number of guanidine groups is 1. The number of aliphatic imine (C=N–C) groups is 1. The van der Waals surface area contributed by atoms with Crippen LogP contribution in [0.5, 0.6) is 0 Å². The van der Waals surface area contributed by atoms with Crippen molar-refractivity contribution in [3.63, 3.8) is 0 Å². The predicted molar refractivity (Wildman–Crippen MR) is 107 cm³/mol. The van der Waals surface area contributed by atoms with E-state index in [9.17, 15) is 0 Å². The fourth-order valence-electron chi connectivity index (χ4n) is 4.49. The van der Waals surface area contributed by atoms with Crippen molar-refractivity contribution in [3.05, 3.63) is 17.0 Å². The summed E-state index contributed by atoms with van der Waals surface area (Å²) in [5, 5.41) is 11.1. The third-order valence-electron chi connectivity index (χ3n) is 6.12. The first-order valence-electron chi connectivity index (χ1n) is 10.3. The van der Waals surface area contributed by atoms with Crippen molar-refractivity contribution in [3.8, 4) is 0 Å². The second kappa shape index (κ2) is 9.55. The lowest BCUT2D eigenvalue weighted by Crippen LogP contribution is -2.60. The number of aryl methyl sites for hydroxylation is 2. The maximum atomic E-state index is 5.58. The van der Waals surface area contributed by atoms with Crippen LogP contribution in [0.4, 0.5) is 0 Å². The van der Waals surface area contributed by atoms with Crippen LogP contribution in [0.3, 0.4) is 0 Å². The van der Waals surface area contributed by atoms with E-state index in [0.717, 1.165) is 63.2 Å². The molecule has 0 radical (unpaired) electrons. The van der Waals surface area contributed by atoms with E-state index < -0.39 is 0 Å². The van der Waals surface area contributed by atoms with E-state index in [1.54, 1.807) is 0 Å². The number of rotatable bonds is 6. The molecule has 27 heavy (non-hydrogen) atoms. The van der Waals surface area contributed by atoms with Gasteiger partial charge in [0.15, 0.2) is 5.96 Å². The lowest BCUT2D eigenvalue weighted by molar-refractivity contribution is -0.0352. The average Bonchev–Trinajstić information content (AvgIpc) is 3.04. The number of nitrogens with one attached hydrogen (secondary N) is 2. The van der Waals surface area contributed by atoms with Gasteiger partial charge < -0.3 is 19.9 Å². The van der Waals surface area contributed by atoms with Gasteiger partial charge in [0.2, 0.25) is 0 Å². The number of morpholine rings is 1. The molecule has 1 saturated heterocycles. The first-order valence-corrected chi connectivity index (χ1v) is 10.3. The van der Waals surface area contributed by atoms with E-state index in [4.69, 9.17) is 9.26 Å². The van der Waals surface area contributed by atoms with Crippen molar-refractivity contribution < 1.29 is 9.26 Å². The Balaban J connectivity index is 1.53. The van der Waals surface area contributed by atoms with Crippen molar-refractivity contribution in [2.24, 2.45) is 4.99 Å². The Hall–Kier alpha value is -1.60. The van der Waals surface area contributed by atoms with Crippen LogP contribution >= 0.6 is 0 Å². The molecule has 1 aliphatic heterocycles.